The molecule has 0 N–H and O–H groups in total. The zero-order valence-corrected chi connectivity index (χ0v) is 15.6. The Morgan fingerprint density at radius 1 is 0.955 bits per heavy atom. The van der Waals surface area contributed by atoms with Crippen LogP contribution in [0, 0.1) is 6.92 Å². The van der Waals surface area contributed by atoms with Gasteiger partial charge in [-0.25, -0.2) is 0 Å². The van der Waals surface area contributed by atoms with E-state index in [1.54, 1.807) is 24.7 Å². The summed E-state index contributed by atoms with van der Waals surface area (Å²) in [6.07, 6.45) is 2.43. The summed E-state index contributed by atoms with van der Waals surface area (Å²) < 4.78 is 0.559. The Kier molecular flexibility index (Phi) is 3.76. The van der Waals surface area contributed by atoms with Crippen LogP contribution in [0.1, 0.15) is 25.2 Å². The SMILES string of the molecule is Cc1ccc2c(c1-c1ccccc1)C=C(c1cccs1)[CH]2[Zr]. The molecule has 105 valence electrons. The van der Waals surface area contributed by atoms with Crippen molar-refractivity contribution in [2.24, 2.45) is 0 Å². The first kappa shape index (κ1) is 14.4. The molecule has 3 aromatic rings. The van der Waals surface area contributed by atoms with E-state index in [9.17, 15) is 0 Å². The Labute approximate surface area is 150 Å². The molecule has 0 spiro atoms. The first-order chi connectivity index (χ1) is 10.8. The number of fused-ring (bicyclic) bond motifs is 1. The molecule has 1 aromatic heterocycles. The summed E-state index contributed by atoms with van der Waals surface area (Å²) in [4.78, 5) is 1.41. The zero-order chi connectivity index (χ0) is 15.1. The first-order valence-electron chi connectivity index (χ1n) is 7.41. The van der Waals surface area contributed by atoms with E-state index in [-0.39, 0.29) is 0 Å². The maximum absolute atomic E-state index is 2.43. The molecule has 22 heavy (non-hydrogen) atoms. The number of hydrogen-bond donors (Lipinski definition) is 0. The number of allylic oxidation sites excluding steroid dienone is 1. The average molecular weight is 379 g/mol. The van der Waals surface area contributed by atoms with Crippen LogP contribution in [-0.2, 0) is 24.7 Å². The molecule has 0 saturated heterocycles. The quantitative estimate of drug-likeness (QED) is 0.523. The van der Waals surface area contributed by atoms with E-state index < -0.39 is 0 Å². The Morgan fingerprint density at radius 2 is 1.77 bits per heavy atom. The number of aryl methyl sites for hydroxylation is 1. The fraction of sp³-hybridized carbons (Fsp3) is 0.100. The Bertz CT molecular complexity index is 845. The molecule has 0 saturated carbocycles. The van der Waals surface area contributed by atoms with Gasteiger partial charge in [-0.1, -0.05) is 0 Å². The fourth-order valence-corrected chi connectivity index (χ4v) is 5.44. The second-order valence-corrected chi connectivity index (χ2v) is 8.00. The molecule has 2 aromatic carbocycles. The molecule has 0 bridgehead atoms. The summed E-state index contributed by atoms with van der Waals surface area (Å²) in [6.45, 7) is 2.22. The van der Waals surface area contributed by atoms with Crippen molar-refractivity contribution in [2.45, 2.75) is 10.5 Å². The number of hydrogen-bond acceptors (Lipinski definition) is 1. The van der Waals surface area contributed by atoms with E-state index in [1.807, 2.05) is 11.3 Å². The topological polar surface area (TPSA) is 0 Å². The van der Waals surface area contributed by atoms with Gasteiger partial charge in [0.25, 0.3) is 0 Å². The summed E-state index contributed by atoms with van der Waals surface area (Å²) in [5.41, 5.74) is 8.49. The van der Waals surface area contributed by atoms with Crippen LogP contribution in [0.4, 0.5) is 0 Å². The molecule has 0 fully saturated rings. The van der Waals surface area contributed by atoms with Crippen LogP contribution < -0.4 is 0 Å². The Hall–Kier alpha value is -1.24. The number of rotatable bonds is 2. The van der Waals surface area contributed by atoms with E-state index >= 15 is 0 Å². The molecule has 1 heterocycles. The van der Waals surface area contributed by atoms with Gasteiger partial charge in [0, 0.05) is 0 Å². The molecular weight excluding hydrogens is 364 g/mol. The predicted octanol–water partition coefficient (Wildman–Crippen LogP) is 5.87. The molecule has 0 amide bonds. The van der Waals surface area contributed by atoms with Crippen LogP contribution in [0.5, 0.6) is 0 Å². The van der Waals surface area contributed by atoms with Crippen LogP contribution in [0.2, 0.25) is 0 Å². The van der Waals surface area contributed by atoms with Crippen LogP contribution in [0.15, 0.2) is 60.0 Å². The van der Waals surface area contributed by atoms with Gasteiger partial charge in [-0.15, -0.1) is 0 Å². The van der Waals surface area contributed by atoms with Gasteiger partial charge in [0.15, 0.2) is 0 Å². The molecule has 0 radical (unpaired) electrons. The van der Waals surface area contributed by atoms with Crippen molar-refractivity contribution in [3.05, 3.63) is 81.5 Å². The normalized spacial score (nSPS) is 16.4. The Morgan fingerprint density at radius 3 is 2.50 bits per heavy atom. The first-order valence-corrected chi connectivity index (χ1v) is 9.71. The van der Waals surface area contributed by atoms with Crippen LogP contribution in [-0.4, -0.2) is 0 Å². The second-order valence-electron chi connectivity index (χ2n) is 5.64. The van der Waals surface area contributed by atoms with E-state index in [0.29, 0.717) is 3.63 Å². The molecule has 2 heteroatoms. The molecule has 0 aliphatic heterocycles. The third-order valence-electron chi connectivity index (χ3n) is 4.28. The molecule has 4 rings (SSSR count). The van der Waals surface area contributed by atoms with Gasteiger partial charge in [0.05, 0.1) is 0 Å². The Balaban J connectivity index is 1.94. The zero-order valence-electron chi connectivity index (χ0n) is 12.3. The van der Waals surface area contributed by atoms with E-state index in [0.717, 1.165) is 0 Å². The molecule has 0 nitrogen and oxygen atoms in total. The van der Waals surface area contributed by atoms with Crippen LogP contribution >= 0.6 is 11.3 Å². The van der Waals surface area contributed by atoms with Crippen LogP contribution in [0.25, 0.3) is 22.8 Å². The van der Waals surface area contributed by atoms with Crippen molar-refractivity contribution in [2.75, 3.05) is 0 Å². The van der Waals surface area contributed by atoms with Crippen molar-refractivity contribution in [3.8, 4) is 11.1 Å². The molecule has 1 aliphatic carbocycles. The standard InChI is InChI=1S/C20H15S.Zr/c1-14-9-10-16-12-17(19-8-5-11-21-19)13-18(16)20(14)15-6-3-2-4-7-15;/h2-13H,1H3;. The summed E-state index contributed by atoms with van der Waals surface area (Å²) >= 11 is 3.41. The third kappa shape index (κ3) is 2.30. The minimum atomic E-state index is 0.559. The molecule has 1 unspecified atom stereocenters. The van der Waals surface area contributed by atoms with Crippen molar-refractivity contribution in [3.63, 3.8) is 0 Å². The van der Waals surface area contributed by atoms with E-state index in [2.05, 4.69) is 73.0 Å². The maximum atomic E-state index is 2.43. The summed E-state index contributed by atoms with van der Waals surface area (Å²) in [7, 11) is 0. The van der Waals surface area contributed by atoms with Crippen molar-refractivity contribution in [1.82, 2.24) is 0 Å². The van der Waals surface area contributed by atoms with E-state index in [1.165, 1.54) is 38.3 Å². The predicted molar refractivity (Wildman–Crippen MR) is 91.5 cm³/mol. The van der Waals surface area contributed by atoms with Gasteiger partial charge in [0.2, 0.25) is 0 Å². The van der Waals surface area contributed by atoms with Gasteiger partial charge < -0.3 is 0 Å². The molecule has 1 aliphatic rings. The average Bonchev–Trinajstić information content (AvgIpc) is 3.16. The minimum absolute atomic E-state index is 0.559. The number of benzene rings is 2. The van der Waals surface area contributed by atoms with E-state index in [4.69, 9.17) is 0 Å². The van der Waals surface area contributed by atoms with Gasteiger partial charge in [-0.3, -0.25) is 0 Å². The van der Waals surface area contributed by atoms with Crippen molar-refractivity contribution in [1.29, 1.82) is 0 Å². The van der Waals surface area contributed by atoms with Crippen LogP contribution in [0.3, 0.4) is 0 Å². The summed E-state index contributed by atoms with van der Waals surface area (Å²) in [5.74, 6) is 0. The third-order valence-corrected chi connectivity index (χ3v) is 6.73. The fourth-order valence-electron chi connectivity index (χ4n) is 3.20. The monoisotopic (exact) mass is 377 g/mol. The van der Waals surface area contributed by atoms with Gasteiger partial charge >= 0.3 is 151 Å². The molecular formula is C20H15SZr. The second kappa shape index (κ2) is 5.76. The van der Waals surface area contributed by atoms with Gasteiger partial charge in [-0.2, -0.15) is 0 Å². The summed E-state index contributed by atoms with van der Waals surface area (Å²) in [6, 6.07) is 19.8. The number of thiophene rings is 1. The summed E-state index contributed by atoms with van der Waals surface area (Å²) in [5, 5.41) is 2.17. The van der Waals surface area contributed by atoms with Crippen molar-refractivity contribution < 1.29 is 24.7 Å². The molecule has 1 atom stereocenters. The van der Waals surface area contributed by atoms with Gasteiger partial charge in [-0.05, 0) is 0 Å². The van der Waals surface area contributed by atoms with Gasteiger partial charge in [0.1, 0.15) is 0 Å². The van der Waals surface area contributed by atoms with Crippen molar-refractivity contribution >= 4 is 23.0 Å².